The van der Waals surface area contributed by atoms with Crippen LogP contribution in [0.5, 0.6) is 0 Å². The fourth-order valence-electron chi connectivity index (χ4n) is 2.17. The summed E-state index contributed by atoms with van der Waals surface area (Å²) in [6, 6.07) is 1.20. The minimum atomic E-state index is -0.818. The van der Waals surface area contributed by atoms with E-state index in [1.54, 1.807) is 6.92 Å². The molecule has 1 heterocycles. The van der Waals surface area contributed by atoms with Crippen molar-refractivity contribution in [1.82, 2.24) is 4.98 Å². The standard InChI is InChI=1S/C12H13Cl2N3O4/c1-6-3-8(11(18)21-2)9(17(19)20)10(15-6)16-7-4-12(13,14)5-7/h3,7H,4-5H2,1-2H3,(H,15,16). The summed E-state index contributed by atoms with van der Waals surface area (Å²) >= 11 is 11.8. The number of halogens is 2. The normalized spacial score (nSPS) is 17.0. The summed E-state index contributed by atoms with van der Waals surface area (Å²) in [5.41, 5.74) is -0.0836. The van der Waals surface area contributed by atoms with E-state index in [1.165, 1.54) is 6.07 Å². The third-order valence-corrected chi connectivity index (χ3v) is 3.76. The topological polar surface area (TPSA) is 94.4 Å². The van der Waals surface area contributed by atoms with Crippen molar-refractivity contribution in [1.29, 1.82) is 0 Å². The van der Waals surface area contributed by atoms with E-state index in [0.29, 0.717) is 18.5 Å². The number of rotatable bonds is 4. The quantitative estimate of drug-likeness (QED) is 0.394. The zero-order valence-electron chi connectivity index (χ0n) is 11.4. The van der Waals surface area contributed by atoms with E-state index in [-0.39, 0.29) is 17.4 Å². The highest BCUT2D eigenvalue weighted by Crippen LogP contribution is 2.44. The molecular weight excluding hydrogens is 321 g/mol. The number of hydrogen-bond acceptors (Lipinski definition) is 6. The van der Waals surface area contributed by atoms with E-state index in [1.807, 2.05) is 0 Å². The predicted octanol–water partition coefficient (Wildman–Crippen LogP) is 2.83. The van der Waals surface area contributed by atoms with Crippen molar-refractivity contribution in [2.24, 2.45) is 0 Å². The lowest BCUT2D eigenvalue weighted by Gasteiger charge is -2.38. The molecule has 1 N–H and O–H groups in total. The van der Waals surface area contributed by atoms with Gasteiger partial charge < -0.3 is 10.1 Å². The fourth-order valence-corrected chi connectivity index (χ4v) is 2.92. The number of nitrogens with one attached hydrogen (secondary N) is 1. The molecule has 1 aromatic rings. The van der Waals surface area contributed by atoms with E-state index in [2.05, 4.69) is 15.0 Å². The van der Waals surface area contributed by atoms with Gasteiger partial charge in [0.25, 0.3) is 0 Å². The summed E-state index contributed by atoms with van der Waals surface area (Å²) in [5.74, 6) is -0.762. The van der Waals surface area contributed by atoms with E-state index in [4.69, 9.17) is 23.2 Å². The molecule has 2 rings (SSSR count). The monoisotopic (exact) mass is 333 g/mol. The molecular formula is C12H13Cl2N3O4. The third kappa shape index (κ3) is 3.36. The first kappa shape index (κ1) is 15.8. The van der Waals surface area contributed by atoms with Crippen LogP contribution in [0.15, 0.2) is 6.07 Å². The number of hydrogen-bond donors (Lipinski definition) is 1. The van der Waals surface area contributed by atoms with Gasteiger partial charge >= 0.3 is 11.7 Å². The van der Waals surface area contributed by atoms with Gasteiger partial charge in [-0.05, 0) is 13.0 Å². The molecule has 0 atom stereocenters. The number of nitrogens with zero attached hydrogens (tertiary/aromatic N) is 2. The van der Waals surface area contributed by atoms with Crippen LogP contribution >= 0.6 is 23.2 Å². The highest BCUT2D eigenvalue weighted by molar-refractivity contribution is 6.49. The molecule has 1 aromatic heterocycles. The average Bonchev–Trinajstić information content (AvgIpc) is 2.34. The number of aryl methyl sites for hydroxylation is 1. The molecule has 9 heteroatoms. The van der Waals surface area contributed by atoms with Crippen molar-refractivity contribution in [2.45, 2.75) is 30.1 Å². The van der Waals surface area contributed by atoms with Crippen LogP contribution in [-0.2, 0) is 4.74 Å². The van der Waals surface area contributed by atoms with Crippen molar-refractivity contribution >= 4 is 40.7 Å². The Morgan fingerprint density at radius 1 is 1.57 bits per heavy atom. The van der Waals surface area contributed by atoms with Gasteiger partial charge in [0.2, 0.25) is 5.82 Å². The van der Waals surface area contributed by atoms with Crippen molar-refractivity contribution in [3.05, 3.63) is 27.4 Å². The smallest absolute Gasteiger partial charge is 0.345 e. The summed E-state index contributed by atoms with van der Waals surface area (Å²) in [6.45, 7) is 1.63. The molecule has 7 nitrogen and oxygen atoms in total. The molecule has 1 saturated carbocycles. The predicted molar refractivity (Wildman–Crippen MR) is 78.0 cm³/mol. The maximum Gasteiger partial charge on any atom is 0.345 e. The molecule has 0 bridgehead atoms. The van der Waals surface area contributed by atoms with Crippen molar-refractivity contribution in [3.63, 3.8) is 0 Å². The lowest BCUT2D eigenvalue weighted by Crippen LogP contribution is -2.43. The Hall–Kier alpha value is -1.60. The van der Waals surface area contributed by atoms with Crippen LogP contribution in [0.2, 0.25) is 0 Å². The minimum absolute atomic E-state index is 0.0224. The minimum Gasteiger partial charge on any atom is -0.465 e. The second-order valence-electron chi connectivity index (χ2n) is 4.86. The molecule has 21 heavy (non-hydrogen) atoms. The number of carbonyl (C=O) groups excluding carboxylic acids is 1. The van der Waals surface area contributed by atoms with Gasteiger partial charge in [-0.1, -0.05) is 0 Å². The van der Waals surface area contributed by atoms with Crippen LogP contribution in [-0.4, -0.2) is 33.4 Å². The second-order valence-corrected chi connectivity index (χ2v) is 6.50. The Labute approximate surface area is 130 Å². The number of ether oxygens (including phenoxy) is 1. The Morgan fingerprint density at radius 3 is 2.67 bits per heavy atom. The second kappa shape index (κ2) is 5.65. The maximum atomic E-state index is 11.7. The summed E-state index contributed by atoms with van der Waals surface area (Å²) in [6.07, 6.45) is 0.882. The van der Waals surface area contributed by atoms with Crippen molar-refractivity contribution < 1.29 is 14.5 Å². The van der Waals surface area contributed by atoms with Gasteiger partial charge in [0.15, 0.2) is 0 Å². The van der Waals surface area contributed by atoms with Crippen LogP contribution in [0.1, 0.15) is 28.9 Å². The number of alkyl halides is 2. The van der Waals surface area contributed by atoms with Gasteiger partial charge in [-0.2, -0.15) is 0 Å². The van der Waals surface area contributed by atoms with Gasteiger partial charge in [-0.15, -0.1) is 23.2 Å². The van der Waals surface area contributed by atoms with Gasteiger partial charge in [0.1, 0.15) is 9.90 Å². The Morgan fingerprint density at radius 2 is 2.19 bits per heavy atom. The summed E-state index contributed by atoms with van der Waals surface area (Å²) in [4.78, 5) is 26.4. The van der Waals surface area contributed by atoms with E-state index >= 15 is 0 Å². The Bertz CT molecular complexity index is 598. The number of methoxy groups -OCH3 is 1. The first-order chi connectivity index (χ1) is 9.73. The number of anilines is 1. The molecule has 0 aromatic carbocycles. The van der Waals surface area contributed by atoms with Crippen LogP contribution in [0.3, 0.4) is 0 Å². The van der Waals surface area contributed by atoms with Crippen LogP contribution < -0.4 is 5.32 Å². The van der Waals surface area contributed by atoms with Crippen LogP contribution in [0.25, 0.3) is 0 Å². The number of pyridine rings is 1. The van der Waals surface area contributed by atoms with Crippen molar-refractivity contribution in [2.75, 3.05) is 12.4 Å². The Kier molecular flexibility index (Phi) is 4.25. The zero-order valence-corrected chi connectivity index (χ0v) is 12.9. The average molecular weight is 334 g/mol. The van der Waals surface area contributed by atoms with Crippen molar-refractivity contribution in [3.8, 4) is 0 Å². The molecule has 0 radical (unpaired) electrons. The maximum absolute atomic E-state index is 11.7. The highest BCUT2D eigenvalue weighted by atomic mass is 35.5. The molecule has 114 valence electrons. The first-order valence-corrected chi connectivity index (χ1v) is 6.88. The largest absolute Gasteiger partial charge is 0.465 e. The molecule has 1 aliphatic carbocycles. The molecule has 1 aliphatic rings. The molecule has 1 fully saturated rings. The van der Waals surface area contributed by atoms with Crippen LogP contribution in [0, 0.1) is 17.0 Å². The van der Waals surface area contributed by atoms with Gasteiger partial charge in [0, 0.05) is 24.6 Å². The summed E-state index contributed by atoms with van der Waals surface area (Å²) in [5, 5.41) is 14.2. The van der Waals surface area contributed by atoms with E-state index in [9.17, 15) is 14.9 Å². The molecule has 0 amide bonds. The molecule has 0 unspecified atom stereocenters. The lowest BCUT2D eigenvalue weighted by atomic mass is 9.91. The van der Waals surface area contributed by atoms with E-state index in [0.717, 1.165) is 7.11 Å². The first-order valence-electron chi connectivity index (χ1n) is 6.12. The molecule has 0 saturated heterocycles. The third-order valence-electron chi connectivity index (χ3n) is 3.14. The zero-order chi connectivity index (χ0) is 15.8. The molecule has 0 aliphatic heterocycles. The number of aromatic nitrogens is 1. The van der Waals surface area contributed by atoms with Crippen LogP contribution in [0.4, 0.5) is 11.5 Å². The Balaban J connectivity index is 2.37. The number of carbonyl (C=O) groups is 1. The summed E-state index contributed by atoms with van der Waals surface area (Å²) < 4.78 is 3.76. The SMILES string of the molecule is COC(=O)c1cc(C)nc(NC2CC(Cl)(Cl)C2)c1[N+](=O)[O-]. The fraction of sp³-hybridized carbons (Fsp3) is 0.500. The molecule has 0 spiro atoms. The lowest BCUT2D eigenvalue weighted by molar-refractivity contribution is -0.384. The van der Waals surface area contributed by atoms with E-state index < -0.39 is 20.9 Å². The van der Waals surface area contributed by atoms with Gasteiger partial charge in [-0.3, -0.25) is 10.1 Å². The van der Waals surface area contributed by atoms with Gasteiger partial charge in [0.05, 0.1) is 12.0 Å². The number of nitro groups is 1. The number of esters is 1. The highest BCUT2D eigenvalue weighted by Gasteiger charge is 2.42. The van der Waals surface area contributed by atoms with Gasteiger partial charge in [-0.25, -0.2) is 9.78 Å². The summed E-state index contributed by atoms with van der Waals surface area (Å²) in [7, 11) is 1.16.